The van der Waals surface area contributed by atoms with E-state index >= 15 is 0 Å². The predicted molar refractivity (Wildman–Crippen MR) is 304 cm³/mol. The number of benzene rings is 2. The number of carbonyl (C=O) groups is 8. The van der Waals surface area contributed by atoms with Crippen LogP contribution in [0.1, 0.15) is 96.6 Å². The van der Waals surface area contributed by atoms with Gasteiger partial charge in [0.2, 0.25) is 41.4 Å². The Morgan fingerprint density at radius 3 is 1.52 bits per heavy atom. The molecule has 79 heavy (non-hydrogen) atoms. The van der Waals surface area contributed by atoms with E-state index in [0.29, 0.717) is 30.5 Å². The highest BCUT2D eigenvalue weighted by atomic mass is 32.1. The number of phenols is 1. The quantitative estimate of drug-likeness (QED) is 0.0149. The maximum Gasteiger partial charge on any atom is 0.326 e. The van der Waals surface area contributed by atoms with E-state index in [1.54, 1.807) is 42.5 Å². The van der Waals surface area contributed by atoms with Crippen molar-refractivity contribution in [2.45, 2.75) is 141 Å². The average Bonchev–Trinajstić information content (AvgIpc) is 3.39. The van der Waals surface area contributed by atoms with Crippen LogP contribution in [-0.2, 0) is 51.2 Å². The first-order chi connectivity index (χ1) is 37.4. The van der Waals surface area contributed by atoms with E-state index in [9.17, 15) is 48.6 Å². The third-order valence-electron chi connectivity index (χ3n) is 11.9. The number of nitrogens with zero attached hydrogens (tertiary/aromatic N) is 2. The highest BCUT2D eigenvalue weighted by Crippen LogP contribution is 2.14. The number of unbranched alkanes of at least 4 members (excludes halogenated alkanes) is 1. The Bertz CT molecular complexity index is 2350. The van der Waals surface area contributed by atoms with Gasteiger partial charge in [-0.3, -0.25) is 43.5 Å². The van der Waals surface area contributed by atoms with Crippen molar-refractivity contribution in [1.82, 2.24) is 42.5 Å². The molecule has 0 aliphatic rings. The van der Waals surface area contributed by atoms with Crippen molar-refractivity contribution >= 4 is 76.4 Å². The van der Waals surface area contributed by atoms with E-state index in [0.717, 1.165) is 0 Å². The number of aliphatic carboxylic acids is 1. The summed E-state index contributed by atoms with van der Waals surface area (Å²) in [5, 5.41) is 41.0. The zero-order chi connectivity index (χ0) is 59.0. The molecule has 0 spiro atoms. The van der Waals surface area contributed by atoms with E-state index in [4.69, 9.17) is 46.6 Å². The summed E-state index contributed by atoms with van der Waals surface area (Å²) in [7, 11) is 0. The third kappa shape index (κ3) is 28.5. The number of rotatable bonds is 37. The summed E-state index contributed by atoms with van der Waals surface area (Å²) in [5.41, 5.74) is 35.1. The van der Waals surface area contributed by atoms with Crippen molar-refractivity contribution in [3.63, 3.8) is 0 Å². The van der Waals surface area contributed by atoms with E-state index < -0.39 is 103 Å². The van der Waals surface area contributed by atoms with Crippen LogP contribution < -0.4 is 76.9 Å². The number of nitrogens with two attached hydrogens (primary N) is 6. The first-order valence-electron chi connectivity index (χ1n) is 26.4. The SMILES string of the molecule is CC(C)C[C@H](NC(=O)[C@H](Cc1ccccc1)NC(=O)CNC(=O)CNC(=O)[C@@H](N)Cc1ccc(O)cc1)C(=O)N[C@@H](CCCCN)C(=S)N[C@@H](CCCN=C(N)N)C(=O)N[C@H](CC(C)C)C(=O)N[C@@H](CCCN=C(N)N)C(=O)O. The molecule has 2 rings (SSSR count). The summed E-state index contributed by atoms with van der Waals surface area (Å²) in [4.78, 5) is 115. The van der Waals surface area contributed by atoms with Crippen LogP contribution in [0.4, 0.5) is 0 Å². The number of thiocarbonyl (C=S) groups is 1. The number of hydrogen-bond donors (Lipinski definition) is 16. The summed E-state index contributed by atoms with van der Waals surface area (Å²) >= 11 is 5.91. The van der Waals surface area contributed by atoms with Gasteiger partial charge in [0.15, 0.2) is 11.9 Å². The molecule has 0 aromatic heterocycles. The second-order valence-electron chi connectivity index (χ2n) is 19.9. The minimum Gasteiger partial charge on any atom is -0.508 e. The van der Waals surface area contributed by atoms with Gasteiger partial charge in [-0.2, -0.15) is 0 Å². The summed E-state index contributed by atoms with van der Waals surface area (Å²) < 4.78 is 0. The number of carboxylic acid groups (broad SMARTS) is 1. The van der Waals surface area contributed by atoms with Crippen molar-refractivity contribution in [3.8, 4) is 5.75 Å². The topological polar surface area (TPSA) is 454 Å². The van der Waals surface area contributed by atoms with Crippen molar-refractivity contribution < 1.29 is 48.6 Å². The Morgan fingerprint density at radius 1 is 0.532 bits per heavy atom. The third-order valence-corrected chi connectivity index (χ3v) is 12.3. The molecule has 438 valence electrons. The fraction of sp³-hybridized carbons (Fsp3) is 0.558. The lowest BCUT2D eigenvalue weighted by atomic mass is 10.00. The molecule has 22 N–H and O–H groups in total. The van der Waals surface area contributed by atoms with Gasteiger partial charge in [0, 0.05) is 19.5 Å². The smallest absolute Gasteiger partial charge is 0.326 e. The number of nitrogens with one attached hydrogen (secondary N) is 8. The van der Waals surface area contributed by atoms with E-state index in [1.807, 2.05) is 27.7 Å². The van der Waals surface area contributed by atoms with Crippen LogP contribution in [-0.4, -0.2) is 149 Å². The van der Waals surface area contributed by atoms with Crippen LogP contribution in [0.3, 0.4) is 0 Å². The minimum atomic E-state index is -1.31. The van der Waals surface area contributed by atoms with Crippen LogP contribution in [0.15, 0.2) is 64.6 Å². The Hall–Kier alpha value is -7.65. The molecular weight excluding hydrogens is 1040 g/mol. The fourth-order valence-electron chi connectivity index (χ4n) is 7.89. The molecule has 0 fully saturated rings. The number of guanidine groups is 2. The van der Waals surface area contributed by atoms with E-state index in [-0.39, 0.29) is 105 Å². The van der Waals surface area contributed by atoms with Gasteiger partial charge in [-0.15, -0.1) is 0 Å². The van der Waals surface area contributed by atoms with Crippen LogP contribution in [0.5, 0.6) is 5.75 Å². The second kappa shape index (κ2) is 36.4. The van der Waals surface area contributed by atoms with Gasteiger partial charge in [-0.25, -0.2) is 4.79 Å². The van der Waals surface area contributed by atoms with Gasteiger partial charge >= 0.3 is 5.97 Å². The van der Waals surface area contributed by atoms with Crippen molar-refractivity contribution in [2.75, 3.05) is 32.7 Å². The summed E-state index contributed by atoms with van der Waals surface area (Å²) in [6.45, 7) is 6.90. The number of amides is 7. The van der Waals surface area contributed by atoms with Crippen molar-refractivity contribution in [3.05, 3.63) is 65.7 Å². The zero-order valence-corrected chi connectivity index (χ0v) is 46.4. The number of hydrogen-bond acceptors (Lipinski definition) is 14. The molecule has 0 bridgehead atoms. The largest absolute Gasteiger partial charge is 0.508 e. The predicted octanol–water partition coefficient (Wildman–Crippen LogP) is -2.14. The lowest BCUT2D eigenvalue weighted by molar-refractivity contribution is -0.142. The Labute approximate surface area is 467 Å². The molecular formula is C52H84N16O10S. The molecule has 27 heteroatoms. The van der Waals surface area contributed by atoms with Gasteiger partial charge in [0.05, 0.1) is 30.2 Å². The normalized spacial score (nSPS) is 13.6. The zero-order valence-electron chi connectivity index (χ0n) is 45.6. The molecule has 0 unspecified atom stereocenters. The first-order valence-corrected chi connectivity index (χ1v) is 26.8. The number of aromatic hydroxyl groups is 1. The molecule has 0 aliphatic carbocycles. The second-order valence-corrected chi connectivity index (χ2v) is 20.3. The lowest BCUT2D eigenvalue weighted by Crippen LogP contribution is -2.59. The molecule has 0 saturated carbocycles. The van der Waals surface area contributed by atoms with Crippen LogP contribution >= 0.6 is 12.2 Å². The lowest BCUT2D eigenvalue weighted by Gasteiger charge is -2.29. The molecule has 0 aliphatic heterocycles. The molecule has 0 heterocycles. The van der Waals surface area contributed by atoms with E-state index in [2.05, 4.69) is 52.5 Å². The van der Waals surface area contributed by atoms with Gasteiger partial charge in [0.25, 0.3) is 0 Å². The van der Waals surface area contributed by atoms with Gasteiger partial charge in [-0.1, -0.05) is 82.4 Å². The Morgan fingerprint density at radius 2 is 1.00 bits per heavy atom. The fourth-order valence-corrected chi connectivity index (χ4v) is 8.20. The maximum atomic E-state index is 14.4. The van der Waals surface area contributed by atoms with Gasteiger partial charge in [0.1, 0.15) is 36.0 Å². The van der Waals surface area contributed by atoms with Crippen LogP contribution in [0.25, 0.3) is 0 Å². The molecule has 7 amide bonds. The first kappa shape index (κ1) is 67.5. The number of carbonyl (C=O) groups excluding carboxylic acids is 7. The summed E-state index contributed by atoms with van der Waals surface area (Å²) in [6, 6.07) is 7.02. The number of phenolic OH excluding ortho intramolecular Hbond substituents is 1. The monoisotopic (exact) mass is 1120 g/mol. The number of carboxylic acids is 1. The molecule has 26 nitrogen and oxygen atoms in total. The van der Waals surface area contributed by atoms with Crippen LogP contribution in [0.2, 0.25) is 0 Å². The summed E-state index contributed by atoms with van der Waals surface area (Å²) in [6.07, 6.45) is 2.31. The van der Waals surface area contributed by atoms with Gasteiger partial charge in [-0.05, 0) is 106 Å². The van der Waals surface area contributed by atoms with Gasteiger partial charge < -0.3 is 87.1 Å². The molecule has 2 aromatic carbocycles. The maximum absolute atomic E-state index is 14.4. The van der Waals surface area contributed by atoms with Crippen molar-refractivity contribution in [1.29, 1.82) is 0 Å². The highest BCUT2D eigenvalue weighted by molar-refractivity contribution is 7.80. The Kier molecular flexibility index (Phi) is 31.1. The summed E-state index contributed by atoms with van der Waals surface area (Å²) in [5.74, 6) is -6.63. The standard InChI is InChI=1S/C52H84N16O10S/c1-30(2)24-39(67-48(76)41(27-32-12-6-5-7-13-32)63-43(71)29-61-42(70)28-62-44(72)35(54)26-33-17-19-34(69)20-18-33)46(74)64-37(14-8-9-21-53)49(79)68-36(15-10-22-59-51(55)56)45(73)66-40(25-31(3)4)47(75)65-38(50(77)78)16-11-23-60-52(57)58/h5-7,12-13,17-20,30-31,35-41,69H,8-11,14-16,21-29,53-54H2,1-4H3,(H,61,70)(H,62,72)(H,63,71)(H,64,74)(H,65,75)(H,66,73)(H,67,76)(H,68,79)(H,77,78)(H4,55,56,59)(H4,57,58,60)/t35-,36-,37-,38-,39-,40+,41-/m0/s1. The molecule has 0 radical (unpaired) electrons. The molecule has 7 atom stereocenters. The highest BCUT2D eigenvalue weighted by Gasteiger charge is 2.33. The molecule has 0 saturated heterocycles. The average molecular weight is 1130 g/mol. The molecule has 2 aromatic rings. The van der Waals surface area contributed by atoms with Crippen molar-refractivity contribution in [2.24, 2.45) is 56.2 Å². The van der Waals surface area contributed by atoms with E-state index in [1.165, 1.54) is 12.1 Å². The minimum absolute atomic E-state index is 0.000232. The Balaban J connectivity index is 2.33. The van der Waals surface area contributed by atoms with Crippen LogP contribution in [0, 0.1) is 11.8 Å². The number of aliphatic imine (C=N–C) groups is 2.